The van der Waals surface area contributed by atoms with E-state index in [0.717, 1.165) is 12.8 Å². The first-order valence-electron chi connectivity index (χ1n) is 5.72. The van der Waals surface area contributed by atoms with E-state index in [9.17, 15) is 9.59 Å². The van der Waals surface area contributed by atoms with E-state index >= 15 is 0 Å². The first kappa shape index (κ1) is 12.8. The molecule has 0 unspecified atom stereocenters. The molecule has 1 rings (SSSR count). The molecule has 0 aromatic rings. The lowest BCUT2D eigenvalue weighted by Gasteiger charge is -2.20. The molecule has 3 N–H and O–H groups in total. The molecule has 5 heteroatoms. The molecule has 1 fully saturated rings. The number of carbonyl (C=O) groups is 2. The van der Waals surface area contributed by atoms with Crippen molar-refractivity contribution in [3.05, 3.63) is 0 Å². The molecule has 1 aliphatic rings. The Labute approximate surface area is 96.4 Å². The molecular formula is C11H21N3O2. The van der Waals surface area contributed by atoms with Gasteiger partial charge in [-0.1, -0.05) is 0 Å². The molecule has 0 spiro atoms. The van der Waals surface area contributed by atoms with Crippen LogP contribution in [0.5, 0.6) is 0 Å². The topological polar surface area (TPSA) is 70.2 Å². The van der Waals surface area contributed by atoms with Crippen LogP contribution in [0, 0.1) is 0 Å². The SMILES string of the molecule is CC(C)(C)NC(=O)CCNC(=O)NC1CC1. The monoisotopic (exact) mass is 227 g/mol. The summed E-state index contributed by atoms with van der Waals surface area (Å²) in [7, 11) is 0. The lowest BCUT2D eigenvalue weighted by Crippen LogP contribution is -2.43. The third-order valence-electron chi connectivity index (χ3n) is 2.06. The van der Waals surface area contributed by atoms with Crippen molar-refractivity contribution in [2.45, 2.75) is 51.6 Å². The fourth-order valence-corrected chi connectivity index (χ4v) is 1.23. The highest BCUT2D eigenvalue weighted by Crippen LogP contribution is 2.18. The summed E-state index contributed by atoms with van der Waals surface area (Å²) in [5.74, 6) is -0.0424. The van der Waals surface area contributed by atoms with Gasteiger partial charge in [-0.05, 0) is 33.6 Å². The average molecular weight is 227 g/mol. The summed E-state index contributed by atoms with van der Waals surface area (Å²) in [6.45, 7) is 6.16. The van der Waals surface area contributed by atoms with Crippen molar-refractivity contribution in [3.63, 3.8) is 0 Å². The first-order valence-corrected chi connectivity index (χ1v) is 5.72. The molecule has 0 radical (unpaired) electrons. The van der Waals surface area contributed by atoms with Crippen LogP contribution in [-0.4, -0.2) is 30.1 Å². The van der Waals surface area contributed by atoms with Crippen LogP contribution >= 0.6 is 0 Å². The van der Waals surface area contributed by atoms with Crippen LogP contribution in [0.4, 0.5) is 4.79 Å². The van der Waals surface area contributed by atoms with E-state index in [0.29, 0.717) is 19.0 Å². The summed E-state index contributed by atoms with van der Waals surface area (Å²) in [5.41, 5.74) is -0.215. The highest BCUT2D eigenvalue weighted by molar-refractivity contribution is 5.78. The van der Waals surface area contributed by atoms with Crippen LogP contribution in [0.1, 0.15) is 40.0 Å². The van der Waals surface area contributed by atoms with E-state index in [1.165, 1.54) is 0 Å². The first-order chi connectivity index (χ1) is 7.37. The second kappa shape index (κ2) is 5.18. The Morgan fingerprint density at radius 3 is 2.38 bits per heavy atom. The maximum atomic E-state index is 11.4. The van der Waals surface area contributed by atoms with Crippen LogP contribution in [0.25, 0.3) is 0 Å². The largest absolute Gasteiger partial charge is 0.351 e. The molecule has 16 heavy (non-hydrogen) atoms. The number of hydrogen-bond donors (Lipinski definition) is 3. The molecular weight excluding hydrogens is 206 g/mol. The van der Waals surface area contributed by atoms with Crippen LogP contribution in [0.3, 0.4) is 0 Å². The standard InChI is InChI=1S/C11H21N3O2/c1-11(2,3)14-9(15)6-7-12-10(16)13-8-4-5-8/h8H,4-7H2,1-3H3,(H,14,15)(H2,12,13,16). The number of carbonyl (C=O) groups excluding carboxylic acids is 2. The van der Waals surface area contributed by atoms with Crippen LogP contribution in [-0.2, 0) is 4.79 Å². The number of hydrogen-bond acceptors (Lipinski definition) is 2. The van der Waals surface area contributed by atoms with Crippen molar-refractivity contribution in [2.24, 2.45) is 0 Å². The van der Waals surface area contributed by atoms with Crippen molar-refractivity contribution >= 4 is 11.9 Å². The van der Waals surface area contributed by atoms with Gasteiger partial charge in [-0.25, -0.2) is 4.79 Å². The molecule has 0 saturated heterocycles. The minimum absolute atomic E-state index is 0.0424. The van der Waals surface area contributed by atoms with E-state index in [2.05, 4.69) is 16.0 Å². The number of urea groups is 1. The fourth-order valence-electron chi connectivity index (χ4n) is 1.23. The minimum Gasteiger partial charge on any atom is -0.351 e. The quantitative estimate of drug-likeness (QED) is 0.663. The Balaban J connectivity index is 2.05. The normalized spacial score (nSPS) is 15.4. The van der Waals surface area contributed by atoms with E-state index in [-0.39, 0.29) is 17.5 Å². The number of rotatable bonds is 4. The van der Waals surface area contributed by atoms with Crippen molar-refractivity contribution in [2.75, 3.05) is 6.54 Å². The van der Waals surface area contributed by atoms with Gasteiger partial charge in [-0.2, -0.15) is 0 Å². The van der Waals surface area contributed by atoms with E-state index < -0.39 is 0 Å². The van der Waals surface area contributed by atoms with Crippen molar-refractivity contribution in [3.8, 4) is 0 Å². The summed E-state index contributed by atoms with van der Waals surface area (Å²) in [5, 5.41) is 8.29. The summed E-state index contributed by atoms with van der Waals surface area (Å²) in [6.07, 6.45) is 2.45. The molecule has 0 atom stereocenters. The van der Waals surface area contributed by atoms with Crippen LogP contribution in [0.2, 0.25) is 0 Å². The molecule has 92 valence electrons. The lowest BCUT2D eigenvalue weighted by molar-refractivity contribution is -0.122. The highest BCUT2D eigenvalue weighted by Gasteiger charge is 2.23. The zero-order valence-electron chi connectivity index (χ0n) is 10.2. The highest BCUT2D eigenvalue weighted by atomic mass is 16.2. The Hall–Kier alpha value is -1.26. The van der Waals surface area contributed by atoms with E-state index in [4.69, 9.17) is 0 Å². The zero-order valence-corrected chi connectivity index (χ0v) is 10.2. The second-order valence-corrected chi connectivity index (χ2v) is 5.22. The van der Waals surface area contributed by atoms with E-state index in [1.807, 2.05) is 20.8 Å². The Bertz CT molecular complexity index is 267. The maximum Gasteiger partial charge on any atom is 0.315 e. The predicted octanol–water partition coefficient (Wildman–Crippen LogP) is 0.753. The van der Waals surface area contributed by atoms with Gasteiger partial charge in [0.1, 0.15) is 0 Å². The molecule has 0 aromatic heterocycles. The lowest BCUT2D eigenvalue weighted by atomic mass is 10.1. The Morgan fingerprint density at radius 2 is 1.88 bits per heavy atom. The second-order valence-electron chi connectivity index (χ2n) is 5.22. The van der Waals surface area contributed by atoms with Crippen molar-refractivity contribution in [1.82, 2.24) is 16.0 Å². The van der Waals surface area contributed by atoms with Gasteiger partial charge in [0.15, 0.2) is 0 Å². The minimum atomic E-state index is -0.215. The molecule has 0 aliphatic heterocycles. The molecule has 1 aliphatic carbocycles. The Morgan fingerprint density at radius 1 is 1.25 bits per heavy atom. The van der Waals surface area contributed by atoms with Gasteiger partial charge in [-0.3, -0.25) is 4.79 Å². The predicted molar refractivity (Wildman–Crippen MR) is 62.1 cm³/mol. The number of amides is 3. The fraction of sp³-hybridized carbons (Fsp3) is 0.818. The van der Waals surface area contributed by atoms with Gasteiger partial charge in [0.05, 0.1) is 0 Å². The van der Waals surface area contributed by atoms with Crippen LogP contribution in [0.15, 0.2) is 0 Å². The third-order valence-corrected chi connectivity index (χ3v) is 2.06. The molecule has 0 bridgehead atoms. The van der Waals surface area contributed by atoms with Gasteiger partial charge in [-0.15, -0.1) is 0 Å². The van der Waals surface area contributed by atoms with Gasteiger partial charge in [0.25, 0.3) is 0 Å². The van der Waals surface area contributed by atoms with Gasteiger partial charge >= 0.3 is 6.03 Å². The van der Waals surface area contributed by atoms with Crippen molar-refractivity contribution in [1.29, 1.82) is 0 Å². The molecule has 0 aromatic carbocycles. The zero-order chi connectivity index (χ0) is 12.2. The number of nitrogens with one attached hydrogen (secondary N) is 3. The van der Waals surface area contributed by atoms with Gasteiger partial charge in [0, 0.05) is 24.5 Å². The van der Waals surface area contributed by atoms with E-state index in [1.54, 1.807) is 0 Å². The van der Waals surface area contributed by atoms with Crippen LogP contribution < -0.4 is 16.0 Å². The third kappa shape index (κ3) is 6.27. The molecule has 5 nitrogen and oxygen atoms in total. The van der Waals surface area contributed by atoms with Gasteiger partial charge in [0.2, 0.25) is 5.91 Å². The van der Waals surface area contributed by atoms with Gasteiger partial charge < -0.3 is 16.0 Å². The summed E-state index contributed by atoms with van der Waals surface area (Å²) in [4.78, 5) is 22.6. The Kier molecular flexibility index (Phi) is 4.15. The summed E-state index contributed by atoms with van der Waals surface area (Å²) < 4.78 is 0. The average Bonchev–Trinajstić information content (AvgIpc) is 2.84. The smallest absolute Gasteiger partial charge is 0.315 e. The molecule has 0 heterocycles. The summed E-state index contributed by atoms with van der Waals surface area (Å²) in [6, 6.07) is 0.175. The molecule has 3 amide bonds. The van der Waals surface area contributed by atoms with Crippen molar-refractivity contribution < 1.29 is 9.59 Å². The maximum absolute atomic E-state index is 11.4. The summed E-state index contributed by atoms with van der Waals surface area (Å²) >= 11 is 0. The molecule has 1 saturated carbocycles.